The third kappa shape index (κ3) is 19.3. The van der Waals surface area contributed by atoms with Crippen molar-refractivity contribution < 1.29 is 46.5 Å². The van der Waals surface area contributed by atoms with Crippen molar-refractivity contribution in [1.29, 1.82) is 0 Å². The van der Waals surface area contributed by atoms with E-state index in [9.17, 15) is 4.79 Å². The van der Waals surface area contributed by atoms with E-state index in [1.54, 1.807) is 21.3 Å². The number of hydrogen-bond acceptors (Lipinski definition) is 10. The van der Waals surface area contributed by atoms with Crippen LogP contribution in [0.4, 0.5) is 0 Å². The van der Waals surface area contributed by atoms with E-state index in [1.165, 1.54) is 0 Å². The Hall–Kier alpha value is -0.473. The molecule has 11 heteroatoms. The fourth-order valence-electron chi connectivity index (χ4n) is 2.98. The van der Waals surface area contributed by atoms with E-state index in [0.29, 0.717) is 59.3 Å². The fraction of sp³-hybridized carbons (Fsp3) is 0.958. The van der Waals surface area contributed by atoms with Crippen LogP contribution in [0.2, 0.25) is 0 Å². The highest BCUT2D eigenvalue weighted by Gasteiger charge is 2.50. The molecule has 210 valence electrons. The van der Waals surface area contributed by atoms with Crippen molar-refractivity contribution in [2.75, 3.05) is 94.0 Å². The lowest BCUT2D eigenvalue weighted by atomic mass is 10.1. The molecule has 0 aliphatic carbocycles. The normalized spacial score (nSPS) is 12.8. The van der Waals surface area contributed by atoms with E-state index in [4.69, 9.17) is 41.7 Å². The molecule has 0 heterocycles. The van der Waals surface area contributed by atoms with Crippen LogP contribution in [0.1, 0.15) is 52.4 Å². The van der Waals surface area contributed by atoms with Crippen molar-refractivity contribution in [1.82, 2.24) is 0 Å². The van der Waals surface area contributed by atoms with Crippen molar-refractivity contribution in [2.24, 2.45) is 0 Å². The lowest BCUT2D eigenvalue weighted by molar-refractivity contribution is -0.121. The van der Waals surface area contributed by atoms with Crippen molar-refractivity contribution in [2.45, 2.75) is 58.5 Å². The van der Waals surface area contributed by atoms with Crippen LogP contribution in [-0.4, -0.2) is 114 Å². The van der Waals surface area contributed by atoms with Gasteiger partial charge in [-0.05, 0) is 13.3 Å². The average molecular weight is 527 g/mol. The maximum absolute atomic E-state index is 13.4. The summed E-state index contributed by atoms with van der Waals surface area (Å²) in [5, 5.41) is -0.119. The van der Waals surface area contributed by atoms with Gasteiger partial charge in [0.15, 0.2) is 0 Å². The minimum atomic E-state index is -3.69. The van der Waals surface area contributed by atoms with Crippen molar-refractivity contribution in [3.63, 3.8) is 0 Å². The van der Waals surface area contributed by atoms with Gasteiger partial charge in [0.05, 0.1) is 78.8 Å². The minimum absolute atomic E-state index is 0.119. The standard InChI is InChI=1S/C24H50O10Si/c1-6-7-8-9-10-11-24(25)35(32-20-17-29-15-12-26-3,33-21-18-30-16-13-27-4)34-22-23(2)31-19-14-28-5/h23H,6-22H2,1-5H3. The number of hydrogen-bond donors (Lipinski definition) is 0. The molecule has 0 aromatic heterocycles. The Morgan fingerprint density at radius 1 is 0.657 bits per heavy atom. The number of carbonyl (C=O) groups excluding carboxylic acids is 1. The lowest BCUT2D eigenvalue weighted by Gasteiger charge is -2.29. The third-order valence-corrected chi connectivity index (χ3v) is 7.60. The SMILES string of the molecule is CCCCCCCC(=O)[Si](OCCOCCOC)(OCCOCCOC)OCC(C)OCCOC. The molecule has 0 aromatic rings. The zero-order valence-corrected chi connectivity index (χ0v) is 23.7. The number of ether oxygens (including phenoxy) is 6. The summed E-state index contributed by atoms with van der Waals surface area (Å²) in [6.07, 6.45) is 5.27. The van der Waals surface area contributed by atoms with Crippen molar-refractivity contribution >= 4 is 14.2 Å². The first-order chi connectivity index (χ1) is 17.1. The minimum Gasteiger partial charge on any atom is -0.382 e. The Labute approximate surface area is 213 Å². The fourth-order valence-corrected chi connectivity index (χ4v) is 5.35. The van der Waals surface area contributed by atoms with Gasteiger partial charge in [0, 0.05) is 27.8 Å². The first-order valence-corrected chi connectivity index (χ1v) is 14.5. The predicted octanol–water partition coefficient (Wildman–Crippen LogP) is 2.82. The van der Waals surface area contributed by atoms with Gasteiger partial charge in [0.2, 0.25) is 5.41 Å². The van der Waals surface area contributed by atoms with E-state index >= 15 is 0 Å². The molecular formula is C24H50O10Si. The molecule has 0 amide bonds. The Morgan fingerprint density at radius 2 is 1.17 bits per heavy atom. The molecule has 0 spiro atoms. The maximum atomic E-state index is 13.4. The van der Waals surface area contributed by atoms with Crippen molar-refractivity contribution in [3.8, 4) is 0 Å². The zero-order valence-electron chi connectivity index (χ0n) is 22.7. The van der Waals surface area contributed by atoms with Gasteiger partial charge in [-0.1, -0.05) is 32.6 Å². The molecule has 35 heavy (non-hydrogen) atoms. The molecule has 0 bridgehead atoms. The summed E-state index contributed by atoms with van der Waals surface area (Å²) in [5.41, 5.74) is 0. The van der Waals surface area contributed by atoms with Crippen LogP contribution >= 0.6 is 0 Å². The Balaban J connectivity index is 5.15. The first-order valence-electron chi connectivity index (χ1n) is 12.7. The molecule has 10 nitrogen and oxygen atoms in total. The van der Waals surface area contributed by atoms with Crippen LogP contribution < -0.4 is 0 Å². The quantitative estimate of drug-likeness (QED) is 0.112. The molecule has 0 rings (SSSR count). The predicted molar refractivity (Wildman–Crippen MR) is 135 cm³/mol. The molecular weight excluding hydrogens is 476 g/mol. The summed E-state index contributed by atoms with van der Waals surface area (Å²) in [5.74, 6) is 0. The highest BCUT2D eigenvalue weighted by atomic mass is 28.4. The van der Waals surface area contributed by atoms with Crippen LogP contribution in [0.3, 0.4) is 0 Å². The van der Waals surface area contributed by atoms with Gasteiger partial charge >= 0.3 is 8.80 Å². The number of carbonyl (C=O) groups is 1. The molecule has 0 saturated heterocycles. The average Bonchev–Trinajstić information content (AvgIpc) is 2.86. The van der Waals surface area contributed by atoms with Crippen molar-refractivity contribution in [3.05, 3.63) is 0 Å². The summed E-state index contributed by atoms with van der Waals surface area (Å²) >= 11 is 0. The molecule has 1 atom stereocenters. The highest BCUT2D eigenvalue weighted by Crippen LogP contribution is 2.18. The maximum Gasteiger partial charge on any atom is 0.575 e. The van der Waals surface area contributed by atoms with Crippen LogP contribution in [0.5, 0.6) is 0 Å². The van der Waals surface area contributed by atoms with E-state index < -0.39 is 8.80 Å². The molecule has 0 fully saturated rings. The second kappa shape index (κ2) is 25.2. The van der Waals surface area contributed by atoms with Gasteiger partial charge in [-0.3, -0.25) is 4.79 Å². The van der Waals surface area contributed by atoms with Crippen LogP contribution in [0.25, 0.3) is 0 Å². The number of unbranched alkanes of at least 4 members (excludes halogenated alkanes) is 4. The van der Waals surface area contributed by atoms with Gasteiger partial charge < -0.3 is 41.7 Å². The molecule has 0 saturated carbocycles. The summed E-state index contributed by atoms with van der Waals surface area (Å²) in [6.45, 7) is 7.97. The lowest BCUT2D eigenvalue weighted by Crippen LogP contribution is -2.56. The molecule has 0 radical (unpaired) electrons. The molecule has 0 aromatic carbocycles. The van der Waals surface area contributed by atoms with Gasteiger partial charge in [0.25, 0.3) is 0 Å². The summed E-state index contributed by atoms with van der Waals surface area (Å²) in [4.78, 5) is 13.4. The van der Waals surface area contributed by atoms with E-state index in [1.807, 2.05) is 6.92 Å². The largest absolute Gasteiger partial charge is 0.575 e. The second-order valence-corrected chi connectivity index (χ2v) is 10.6. The van der Waals surface area contributed by atoms with Gasteiger partial charge in [-0.15, -0.1) is 0 Å². The van der Waals surface area contributed by atoms with E-state index in [0.717, 1.165) is 32.1 Å². The molecule has 1 unspecified atom stereocenters. The Morgan fingerprint density at radius 3 is 1.71 bits per heavy atom. The molecule has 0 N–H and O–H groups in total. The topological polar surface area (TPSA) is 100 Å². The molecule has 0 aliphatic rings. The third-order valence-electron chi connectivity index (χ3n) is 4.95. The summed E-state index contributed by atoms with van der Waals surface area (Å²) < 4.78 is 50.0. The number of rotatable bonds is 28. The van der Waals surface area contributed by atoms with Crippen LogP contribution in [0, 0.1) is 0 Å². The second-order valence-electron chi connectivity index (χ2n) is 8.04. The van der Waals surface area contributed by atoms with Crippen LogP contribution in [0.15, 0.2) is 0 Å². The number of methoxy groups -OCH3 is 3. The first kappa shape index (κ1) is 34.5. The Bertz CT molecular complexity index is 454. The van der Waals surface area contributed by atoms with Gasteiger partial charge in [-0.25, -0.2) is 0 Å². The van der Waals surface area contributed by atoms with E-state index in [-0.39, 0.29) is 31.3 Å². The van der Waals surface area contributed by atoms with E-state index in [2.05, 4.69) is 6.92 Å². The zero-order chi connectivity index (χ0) is 26.0. The van der Waals surface area contributed by atoms with Crippen LogP contribution in [-0.2, 0) is 46.5 Å². The monoisotopic (exact) mass is 526 g/mol. The molecule has 0 aliphatic heterocycles. The Kier molecular flexibility index (Phi) is 24.8. The summed E-state index contributed by atoms with van der Waals surface area (Å²) in [7, 11) is 1.16. The smallest absolute Gasteiger partial charge is 0.382 e. The van der Waals surface area contributed by atoms with Gasteiger partial charge in [0.1, 0.15) is 0 Å². The highest BCUT2D eigenvalue weighted by molar-refractivity contribution is 6.92. The summed E-state index contributed by atoms with van der Waals surface area (Å²) in [6, 6.07) is 0. The van der Waals surface area contributed by atoms with Gasteiger partial charge in [-0.2, -0.15) is 0 Å².